The molecule has 78 valence electrons. The summed E-state index contributed by atoms with van der Waals surface area (Å²) in [5.74, 6) is 0. The lowest BCUT2D eigenvalue weighted by Gasteiger charge is -2.05. The quantitative estimate of drug-likeness (QED) is 0.497. The van der Waals surface area contributed by atoms with Crippen molar-refractivity contribution in [2.45, 2.75) is 13.3 Å². The Morgan fingerprint density at radius 2 is 2.00 bits per heavy atom. The molecule has 0 aliphatic heterocycles. The average molecular weight is 212 g/mol. The van der Waals surface area contributed by atoms with Gasteiger partial charge in [-0.1, -0.05) is 19.1 Å². The third-order valence-corrected chi connectivity index (χ3v) is 2.51. The molecule has 4 heteroatoms. The number of aliphatic hydroxyl groups is 1. The first kappa shape index (κ1) is 11.4. The molecule has 0 bridgehead atoms. The molecule has 0 atom stereocenters. The van der Waals surface area contributed by atoms with Crippen LogP contribution >= 0.6 is 12.1 Å². The van der Waals surface area contributed by atoms with Gasteiger partial charge < -0.3 is 9.83 Å². The minimum absolute atomic E-state index is 0.207. The summed E-state index contributed by atoms with van der Waals surface area (Å²) in [5.41, 5.74) is 2.23. The summed E-state index contributed by atoms with van der Waals surface area (Å²) >= 11 is 1.48. The van der Waals surface area contributed by atoms with E-state index in [1.54, 1.807) is 0 Å². The first-order valence-electron chi connectivity index (χ1n) is 4.71. The van der Waals surface area contributed by atoms with Gasteiger partial charge in [-0.2, -0.15) is 0 Å². The molecule has 1 rings (SSSR count). The molecule has 3 nitrogen and oxygen atoms in total. The fourth-order valence-corrected chi connectivity index (χ4v) is 1.51. The van der Waals surface area contributed by atoms with Gasteiger partial charge in [0, 0.05) is 31.0 Å². The van der Waals surface area contributed by atoms with E-state index in [0.717, 1.165) is 24.2 Å². The van der Waals surface area contributed by atoms with Gasteiger partial charge in [0.2, 0.25) is 0 Å². The summed E-state index contributed by atoms with van der Waals surface area (Å²) in [4.78, 5) is 0. The van der Waals surface area contributed by atoms with Crippen LogP contribution in [0.5, 0.6) is 0 Å². The van der Waals surface area contributed by atoms with E-state index in [2.05, 4.69) is 16.4 Å². The summed E-state index contributed by atoms with van der Waals surface area (Å²) in [6, 6.07) is 8.06. The minimum Gasteiger partial charge on any atom is -0.396 e. The third-order valence-electron chi connectivity index (χ3n) is 1.74. The fraction of sp³-hybridized carbons (Fsp3) is 0.400. The topological polar surface area (TPSA) is 44.3 Å². The summed E-state index contributed by atoms with van der Waals surface area (Å²) in [5, 5.41) is 8.73. The third kappa shape index (κ3) is 4.00. The predicted octanol–water partition coefficient (Wildman–Crippen LogP) is 1.81. The van der Waals surface area contributed by atoms with Gasteiger partial charge in [0.05, 0.1) is 0 Å². The zero-order valence-electron chi connectivity index (χ0n) is 8.29. The molecule has 0 spiro atoms. The maximum Gasteiger partial charge on any atom is 0.0471 e. The summed E-state index contributed by atoms with van der Waals surface area (Å²) in [6.07, 6.45) is 0.723. The highest BCUT2D eigenvalue weighted by atomic mass is 32.2. The highest BCUT2D eigenvalue weighted by Gasteiger charge is 1.93. The molecule has 3 N–H and O–H groups in total. The van der Waals surface area contributed by atoms with Crippen LogP contribution in [0.25, 0.3) is 0 Å². The Kier molecular flexibility index (Phi) is 5.44. The lowest BCUT2D eigenvalue weighted by Crippen LogP contribution is -2.04. The molecule has 0 aliphatic carbocycles. The molecule has 0 saturated heterocycles. The molecular weight excluding hydrogens is 196 g/mol. The van der Waals surface area contributed by atoms with Gasteiger partial charge in [0.1, 0.15) is 0 Å². The van der Waals surface area contributed by atoms with Crippen molar-refractivity contribution in [3.8, 4) is 0 Å². The van der Waals surface area contributed by atoms with Crippen molar-refractivity contribution in [3.05, 3.63) is 29.8 Å². The van der Waals surface area contributed by atoms with Crippen molar-refractivity contribution in [1.82, 2.24) is 4.72 Å². The Balaban J connectivity index is 2.38. The van der Waals surface area contributed by atoms with Crippen molar-refractivity contribution >= 4 is 17.8 Å². The van der Waals surface area contributed by atoms with Crippen LogP contribution in [0.4, 0.5) is 5.69 Å². The van der Waals surface area contributed by atoms with Crippen LogP contribution < -0.4 is 9.44 Å². The second kappa shape index (κ2) is 6.70. The SMILES string of the molecule is CCNSNc1ccc(CCO)cc1. The Hall–Kier alpha value is -0.710. The molecule has 1 aromatic carbocycles. The average Bonchev–Trinajstić information content (AvgIpc) is 2.21. The van der Waals surface area contributed by atoms with Crippen molar-refractivity contribution in [3.63, 3.8) is 0 Å². The number of hydrogen-bond donors (Lipinski definition) is 3. The van der Waals surface area contributed by atoms with E-state index in [4.69, 9.17) is 5.11 Å². The molecular formula is C10H16N2OS. The second-order valence-electron chi connectivity index (χ2n) is 2.87. The van der Waals surface area contributed by atoms with Gasteiger partial charge >= 0.3 is 0 Å². The van der Waals surface area contributed by atoms with E-state index in [-0.39, 0.29) is 6.61 Å². The van der Waals surface area contributed by atoms with Gasteiger partial charge in [-0.15, -0.1) is 0 Å². The standard InChI is InChI=1S/C10H16N2OS/c1-2-11-14-12-10-5-3-9(4-6-10)7-8-13/h3-6,11-13H,2,7-8H2,1H3. The molecule has 0 heterocycles. The van der Waals surface area contributed by atoms with Crippen molar-refractivity contribution in [2.24, 2.45) is 0 Å². The molecule has 14 heavy (non-hydrogen) atoms. The monoisotopic (exact) mass is 212 g/mol. The van der Waals surface area contributed by atoms with E-state index in [9.17, 15) is 0 Å². The van der Waals surface area contributed by atoms with E-state index >= 15 is 0 Å². The maximum atomic E-state index is 8.73. The molecule has 0 aliphatic rings. The lowest BCUT2D eigenvalue weighted by molar-refractivity contribution is 0.299. The van der Waals surface area contributed by atoms with Crippen LogP contribution in [-0.4, -0.2) is 18.3 Å². The van der Waals surface area contributed by atoms with E-state index in [1.807, 2.05) is 24.3 Å². The largest absolute Gasteiger partial charge is 0.396 e. The van der Waals surface area contributed by atoms with Gasteiger partial charge in [0.25, 0.3) is 0 Å². The molecule has 0 fully saturated rings. The van der Waals surface area contributed by atoms with Crippen LogP contribution in [0, 0.1) is 0 Å². The van der Waals surface area contributed by atoms with Crippen LogP contribution in [-0.2, 0) is 6.42 Å². The normalized spacial score (nSPS) is 10.1. The minimum atomic E-state index is 0.207. The van der Waals surface area contributed by atoms with E-state index < -0.39 is 0 Å². The number of nitrogens with one attached hydrogen (secondary N) is 2. The Labute approximate surface area is 89.2 Å². The summed E-state index contributed by atoms with van der Waals surface area (Å²) < 4.78 is 6.26. The van der Waals surface area contributed by atoms with Crippen LogP contribution in [0.1, 0.15) is 12.5 Å². The molecule has 0 unspecified atom stereocenters. The van der Waals surface area contributed by atoms with Crippen molar-refractivity contribution < 1.29 is 5.11 Å². The fourth-order valence-electron chi connectivity index (χ4n) is 1.04. The number of benzene rings is 1. The van der Waals surface area contributed by atoms with Gasteiger partial charge in [-0.25, -0.2) is 4.72 Å². The number of rotatable bonds is 6. The van der Waals surface area contributed by atoms with Gasteiger partial charge in [-0.05, 0) is 24.1 Å². The Bertz CT molecular complexity index is 251. The summed E-state index contributed by atoms with van der Waals surface area (Å²) in [7, 11) is 0. The smallest absolute Gasteiger partial charge is 0.0471 e. The van der Waals surface area contributed by atoms with Gasteiger partial charge in [0.15, 0.2) is 0 Å². The highest BCUT2D eigenvalue weighted by Crippen LogP contribution is 2.12. The lowest BCUT2D eigenvalue weighted by atomic mass is 10.1. The first-order valence-corrected chi connectivity index (χ1v) is 5.53. The van der Waals surface area contributed by atoms with E-state index in [0.29, 0.717) is 0 Å². The number of hydrogen-bond acceptors (Lipinski definition) is 4. The van der Waals surface area contributed by atoms with Crippen molar-refractivity contribution in [2.75, 3.05) is 17.9 Å². The van der Waals surface area contributed by atoms with Crippen molar-refractivity contribution in [1.29, 1.82) is 0 Å². The molecule has 0 radical (unpaired) electrons. The number of anilines is 1. The van der Waals surface area contributed by atoms with E-state index in [1.165, 1.54) is 12.1 Å². The number of aliphatic hydroxyl groups excluding tert-OH is 1. The Morgan fingerprint density at radius 3 is 2.57 bits per heavy atom. The van der Waals surface area contributed by atoms with Gasteiger partial charge in [-0.3, -0.25) is 0 Å². The molecule has 0 amide bonds. The molecule has 0 saturated carbocycles. The van der Waals surface area contributed by atoms with Crippen LogP contribution in [0.15, 0.2) is 24.3 Å². The molecule has 1 aromatic rings. The zero-order valence-corrected chi connectivity index (χ0v) is 9.10. The molecule has 0 aromatic heterocycles. The van der Waals surface area contributed by atoms with Crippen LogP contribution in [0.2, 0.25) is 0 Å². The highest BCUT2D eigenvalue weighted by molar-refractivity contribution is 7.98. The Morgan fingerprint density at radius 1 is 1.29 bits per heavy atom. The summed E-state index contributed by atoms with van der Waals surface area (Å²) in [6.45, 7) is 3.19. The van der Waals surface area contributed by atoms with Crippen LogP contribution in [0.3, 0.4) is 0 Å². The predicted molar refractivity (Wildman–Crippen MR) is 62.1 cm³/mol. The first-order chi connectivity index (χ1) is 6.86. The second-order valence-corrected chi connectivity index (χ2v) is 3.57. The maximum absolute atomic E-state index is 8.73. The zero-order chi connectivity index (χ0) is 10.2.